The SMILES string of the molecule is CC1=C(C(=O)OC(C)C)C(c2ccc(N(C)C)cc2)c2c(nc(SCc3ccccc3)[nH]c2=O)N1. The van der Waals surface area contributed by atoms with E-state index >= 15 is 0 Å². The first-order chi connectivity index (χ1) is 16.7. The van der Waals surface area contributed by atoms with E-state index in [2.05, 4.69) is 10.3 Å². The molecule has 0 bridgehead atoms. The molecular formula is C27H30N4O3S. The number of nitrogens with zero attached hydrogens (tertiary/aromatic N) is 2. The zero-order valence-corrected chi connectivity index (χ0v) is 21.4. The van der Waals surface area contributed by atoms with Crippen molar-refractivity contribution in [1.29, 1.82) is 0 Å². The molecule has 35 heavy (non-hydrogen) atoms. The third-order valence-electron chi connectivity index (χ3n) is 5.74. The first kappa shape index (κ1) is 24.6. The highest BCUT2D eigenvalue weighted by Gasteiger charge is 2.36. The van der Waals surface area contributed by atoms with E-state index in [-0.39, 0.29) is 11.7 Å². The van der Waals surface area contributed by atoms with Gasteiger partial charge in [0.25, 0.3) is 5.56 Å². The van der Waals surface area contributed by atoms with E-state index in [0.29, 0.717) is 33.6 Å². The smallest absolute Gasteiger partial charge is 0.337 e. The van der Waals surface area contributed by atoms with Gasteiger partial charge in [0, 0.05) is 31.2 Å². The van der Waals surface area contributed by atoms with Gasteiger partial charge in [0.15, 0.2) is 5.16 Å². The van der Waals surface area contributed by atoms with Crippen LogP contribution in [0.25, 0.3) is 0 Å². The molecule has 1 aliphatic heterocycles. The number of aromatic amines is 1. The maximum Gasteiger partial charge on any atom is 0.337 e. The summed E-state index contributed by atoms with van der Waals surface area (Å²) >= 11 is 1.46. The van der Waals surface area contributed by atoms with Crippen LogP contribution in [0.15, 0.2) is 75.8 Å². The molecule has 2 heterocycles. The predicted molar refractivity (Wildman–Crippen MR) is 141 cm³/mol. The van der Waals surface area contributed by atoms with Gasteiger partial charge in [-0.2, -0.15) is 0 Å². The van der Waals surface area contributed by atoms with Crippen molar-refractivity contribution < 1.29 is 9.53 Å². The van der Waals surface area contributed by atoms with Crippen LogP contribution in [0.3, 0.4) is 0 Å². The quantitative estimate of drug-likeness (QED) is 0.276. The number of nitrogens with one attached hydrogen (secondary N) is 2. The highest BCUT2D eigenvalue weighted by atomic mass is 32.2. The zero-order chi connectivity index (χ0) is 25.1. The number of esters is 1. The van der Waals surface area contributed by atoms with E-state index < -0.39 is 11.9 Å². The molecule has 1 atom stereocenters. The Morgan fingerprint density at radius 2 is 1.80 bits per heavy atom. The molecule has 0 amide bonds. The molecule has 1 unspecified atom stereocenters. The number of hydrogen-bond donors (Lipinski definition) is 2. The van der Waals surface area contributed by atoms with Gasteiger partial charge in [0.1, 0.15) is 5.82 Å². The van der Waals surface area contributed by atoms with E-state index in [1.807, 2.05) is 94.4 Å². The molecule has 0 spiro atoms. The molecule has 4 rings (SSSR count). The third-order valence-corrected chi connectivity index (χ3v) is 6.69. The number of rotatable bonds is 7. The van der Waals surface area contributed by atoms with Gasteiger partial charge in [-0.05, 0) is 44.0 Å². The summed E-state index contributed by atoms with van der Waals surface area (Å²) in [5, 5.41) is 3.72. The maximum atomic E-state index is 13.4. The van der Waals surface area contributed by atoms with Gasteiger partial charge in [0.05, 0.1) is 23.2 Å². The van der Waals surface area contributed by atoms with Gasteiger partial charge in [-0.1, -0.05) is 54.2 Å². The molecule has 2 aromatic carbocycles. The van der Waals surface area contributed by atoms with E-state index in [1.54, 1.807) is 0 Å². The van der Waals surface area contributed by atoms with Crippen LogP contribution in [-0.4, -0.2) is 36.1 Å². The van der Waals surface area contributed by atoms with Crippen molar-refractivity contribution in [2.45, 2.75) is 43.7 Å². The normalized spacial score (nSPS) is 15.0. The number of hydrogen-bond acceptors (Lipinski definition) is 7. The first-order valence-corrected chi connectivity index (χ1v) is 12.5. The van der Waals surface area contributed by atoms with Crippen LogP contribution in [0.4, 0.5) is 11.5 Å². The summed E-state index contributed by atoms with van der Waals surface area (Å²) in [6, 6.07) is 17.9. The lowest BCUT2D eigenvalue weighted by Gasteiger charge is -2.29. The molecule has 1 aliphatic rings. The molecule has 0 saturated carbocycles. The summed E-state index contributed by atoms with van der Waals surface area (Å²) in [6.45, 7) is 5.44. The Morgan fingerprint density at radius 3 is 2.43 bits per heavy atom. The predicted octanol–water partition coefficient (Wildman–Crippen LogP) is 4.91. The number of ether oxygens (including phenoxy) is 1. The zero-order valence-electron chi connectivity index (χ0n) is 20.6. The van der Waals surface area contributed by atoms with Crippen LogP contribution in [-0.2, 0) is 15.3 Å². The van der Waals surface area contributed by atoms with E-state index in [9.17, 15) is 9.59 Å². The molecule has 7 nitrogen and oxygen atoms in total. The summed E-state index contributed by atoms with van der Waals surface area (Å²) in [5.74, 6) is 0.0979. The second kappa shape index (κ2) is 10.4. The van der Waals surface area contributed by atoms with Crippen molar-refractivity contribution in [1.82, 2.24) is 9.97 Å². The van der Waals surface area contributed by atoms with E-state index in [1.165, 1.54) is 11.8 Å². The van der Waals surface area contributed by atoms with Crippen molar-refractivity contribution in [3.8, 4) is 0 Å². The van der Waals surface area contributed by atoms with Gasteiger partial charge in [-0.15, -0.1) is 0 Å². The van der Waals surface area contributed by atoms with Crippen molar-refractivity contribution in [3.63, 3.8) is 0 Å². The Kier molecular flexibility index (Phi) is 7.31. The van der Waals surface area contributed by atoms with Gasteiger partial charge in [0.2, 0.25) is 0 Å². The number of fused-ring (bicyclic) bond motifs is 1. The van der Waals surface area contributed by atoms with Crippen molar-refractivity contribution in [3.05, 3.63) is 92.9 Å². The topological polar surface area (TPSA) is 87.3 Å². The molecular weight excluding hydrogens is 460 g/mol. The summed E-state index contributed by atoms with van der Waals surface area (Å²) in [4.78, 5) is 36.2. The number of carbonyl (C=O) groups excluding carboxylic acids is 1. The minimum atomic E-state index is -0.599. The molecule has 0 aliphatic carbocycles. The Bertz CT molecular complexity index is 1300. The number of aromatic nitrogens is 2. The minimum absolute atomic E-state index is 0.276. The first-order valence-electron chi connectivity index (χ1n) is 11.5. The standard InChI is InChI=1S/C27H30N4O3S/c1-16(2)34-26(33)21-17(3)28-24-23(22(21)19-11-13-20(14-12-19)31(4)5)25(32)30-27(29-24)35-15-18-9-7-6-8-10-18/h6-14,16,22H,15H2,1-5H3,(H2,28,29,30,32). The molecule has 0 fully saturated rings. The van der Waals surface area contributed by atoms with Gasteiger partial charge in [-0.3, -0.25) is 4.79 Å². The van der Waals surface area contributed by atoms with Crippen molar-refractivity contribution in [2.24, 2.45) is 0 Å². The second-order valence-corrected chi connectivity index (χ2v) is 9.91. The Hall–Kier alpha value is -3.52. The number of thioether (sulfide) groups is 1. The fourth-order valence-corrected chi connectivity index (χ4v) is 4.89. The van der Waals surface area contributed by atoms with Crippen LogP contribution >= 0.6 is 11.8 Å². The number of H-pyrrole nitrogens is 1. The molecule has 8 heteroatoms. The highest BCUT2D eigenvalue weighted by molar-refractivity contribution is 7.98. The molecule has 0 radical (unpaired) electrons. The number of anilines is 2. The second-order valence-electron chi connectivity index (χ2n) is 8.94. The Labute approximate surface area is 209 Å². The van der Waals surface area contributed by atoms with E-state index in [4.69, 9.17) is 9.72 Å². The third kappa shape index (κ3) is 5.43. The molecule has 1 aromatic heterocycles. The fraction of sp³-hybridized carbons (Fsp3) is 0.296. The number of allylic oxidation sites excluding steroid dienone is 1. The summed E-state index contributed by atoms with van der Waals surface area (Å²) in [5.41, 5.74) is 4.16. The number of benzene rings is 2. The fourth-order valence-electron chi connectivity index (χ4n) is 4.07. The Balaban J connectivity index is 1.77. The summed E-state index contributed by atoms with van der Waals surface area (Å²) < 4.78 is 5.56. The lowest BCUT2D eigenvalue weighted by Crippen LogP contribution is -2.31. The molecule has 3 aromatic rings. The lowest BCUT2D eigenvalue weighted by molar-refractivity contribution is -0.143. The Morgan fingerprint density at radius 1 is 1.11 bits per heavy atom. The average molecular weight is 491 g/mol. The van der Waals surface area contributed by atoms with Crippen molar-refractivity contribution in [2.75, 3.05) is 24.3 Å². The van der Waals surface area contributed by atoms with Crippen LogP contribution in [0.5, 0.6) is 0 Å². The van der Waals surface area contributed by atoms with Crippen molar-refractivity contribution >= 4 is 29.2 Å². The van der Waals surface area contributed by atoms with Gasteiger partial charge >= 0.3 is 5.97 Å². The van der Waals surface area contributed by atoms with E-state index in [0.717, 1.165) is 16.8 Å². The number of carbonyl (C=O) groups is 1. The monoisotopic (exact) mass is 490 g/mol. The maximum absolute atomic E-state index is 13.4. The molecule has 0 saturated heterocycles. The van der Waals surface area contributed by atoms with Gasteiger partial charge in [-0.25, -0.2) is 9.78 Å². The van der Waals surface area contributed by atoms with Gasteiger partial charge < -0.3 is 19.9 Å². The summed E-state index contributed by atoms with van der Waals surface area (Å²) in [7, 11) is 3.93. The molecule has 2 N–H and O–H groups in total. The average Bonchev–Trinajstić information content (AvgIpc) is 2.82. The highest BCUT2D eigenvalue weighted by Crippen LogP contribution is 2.40. The van der Waals surface area contributed by atoms with Crippen LogP contribution in [0.1, 0.15) is 43.4 Å². The largest absolute Gasteiger partial charge is 0.460 e. The lowest BCUT2D eigenvalue weighted by atomic mass is 9.82. The van der Waals surface area contributed by atoms with Crippen LogP contribution in [0, 0.1) is 0 Å². The van der Waals surface area contributed by atoms with Crippen LogP contribution in [0.2, 0.25) is 0 Å². The molecule has 182 valence electrons. The minimum Gasteiger partial charge on any atom is -0.460 e. The summed E-state index contributed by atoms with van der Waals surface area (Å²) in [6.07, 6.45) is -0.283. The van der Waals surface area contributed by atoms with Crippen LogP contribution < -0.4 is 15.8 Å².